The Morgan fingerprint density at radius 2 is 2.00 bits per heavy atom. The van der Waals surface area contributed by atoms with Crippen molar-refractivity contribution in [2.75, 3.05) is 7.05 Å². The molecule has 0 saturated heterocycles. The molecule has 2 nitrogen and oxygen atoms in total. The molecule has 0 saturated carbocycles. The maximum atomic E-state index is 10.0. The highest BCUT2D eigenvalue weighted by Crippen LogP contribution is 2.40. The molecule has 0 aliphatic heterocycles. The zero-order valence-electron chi connectivity index (χ0n) is 12.9. The van der Waals surface area contributed by atoms with Gasteiger partial charge in [0, 0.05) is 12.1 Å². The van der Waals surface area contributed by atoms with Crippen LogP contribution < -0.4 is 0 Å². The quantitative estimate of drug-likeness (QED) is 0.865. The van der Waals surface area contributed by atoms with Crippen LogP contribution in [0.4, 0.5) is 0 Å². The molecule has 2 unspecified atom stereocenters. The molecule has 0 heterocycles. The summed E-state index contributed by atoms with van der Waals surface area (Å²) in [4.78, 5) is 2.48. The van der Waals surface area contributed by atoms with E-state index in [1.165, 1.54) is 12.0 Å². The van der Waals surface area contributed by atoms with Crippen LogP contribution in [0.1, 0.15) is 57.7 Å². The van der Waals surface area contributed by atoms with Gasteiger partial charge in [0.2, 0.25) is 0 Å². The number of phenols is 1. The first-order chi connectivity index (χ1) is 8.82. The molecule has 0 aromatic heterocycles. The Balaban J connectivity index is 2.31. The van der Waals surface area contributed by atoms with E-state index >= 15 is 0 Å². The Bertz CT molecular complexity index is 447. The largest absolute Gasteiger partial charge is 0.508 e. The van der Waals surface area contributed by atoms with Crippen molar-refractivity contribution in [3.05, 3.63) is 29.3 Å². The maximum absolute atomic E-state index is 10.0. The summed E-state index contributed by atoms with van der Waals surface area (Å²) in [6.07, 6.45) is 3.36. The predicted octanol–water partition coefficient (Wildman–Crippen LogP) is 4.14. The molecule has 1 N–H and O–H groups in total. The van der Waals surface area contributed by atoms with Gasteiger partial charge in [0.05, 0.1) is 0 Å². The first-order valence-corrected chi connectivity index (χ1v) is 7.35. The minimum absolute atomic E-state index is 0.267. The van der Waals surface area contributed by atoms with Gasteiger partial charge < -0.3 is 5.11 Å². The van der Waals surface area contributed by atoms with Crippen LogP contribution in [-0.2, 0) is 6.42 Å². The summed E-state index contributed by atoms with van der Waals surface area (Å²) in [6, 6.07) is 6.91. The average molecular weight is 261 g/mol. The van der Waals surface area contributed by atoms with Crippen LogP contribution in [0.25, 0.3) is 0 Å². The highest BCUT2D eigenvalue weighted by molar-refractivity contribution is 5.42. The van der Waals surface area contributed by atoms with E-state index in [9.17, 15) is 5.11 Å². The molecular formula is C17H27NO. The maximum Gasteiger partial charge on any atom is 0.119 e. The van der Waals surface area contributed by atoms with E-state index < -0.39 is 0 Å². The van der Waals surface area contributed by atoms with Gasteiger partial charge in [-0.25, -0.2) is 0 Å². The van der Waals surface area contributed by atoms with Gasteiger partial charge in [-0.2, -0.15) is 0 Å². The third kappa shape index (κ3) is 2.79. The molecule has 2 heteroatoms. The number of aromatic hydroxyl groups is 1. The lowest BCUT2D eigenvalue weighted by atomic mass is 9.82. The fourth-order valence-electron chi connectivity index (χ4n) is 3.11. The van der Waals surface area contributed by atoms with Crippen molar-refractivity contribution in [1.29, 1.82) is 0 Å². The van der Waals surface area contributed by atoms with Gasteiger partial charge >= 0.3 is 0 Å². The predicted molar refractivity (Wildman–Crippen MR) is 80.5 cm³/mol. The molecule has 0 bridgehead atoms. The van der Waals surface area contributed by atoms with Crippen molar-refractivity contribution in [3.8, 4) is 5.75 Å². The normalized spacial score (nSPS) is 21.3. The van der Waals surface area contributed by atoms with Crippen LogP contribution in [0.2, 0.25) is 0 Å². The lowest BCUT2D eigenvalue weighted by Gasteiger charge is -2.42. The van der Waals surface area contributed by atoms with Crippen molar-refractivity contribution >= 4 is 0 Å². The van der Waals surface area contributed by atoms with Gasteiger partial charge in [-0.1, -0.05) is 32.9 Å². The first-order valence-electron chi connectivity index (χ1n) is 7.35. The zero-order valence-corrected chi connectivity index (χ0v) is 12.9. The summed E-state index contributed by atoms with van der Waals surface area (Å²) in [5, 5.41) is 10.0. The number of fused-ring (bicyclic) bond motifs is 1. The van der Waals surface area contributed by atoms with E-state index in [1.54, 1.807) is 0 Å². The fraction of sp³-hybridized carbons (Fsp3) is 0.647. The number of phenolic OH excluding ortho intramolecular Hbond substituents is 1. The Morgan fingerprint density at radius 3 is 2.63 bits per heavy atom. The molecule has 19 heavy (non-hydrogen) atoms. The molecule has 1 aromatic carbocycles. The molecule has 0 radical (unpaired) electrons. The summed E-state index contributed by atoms with van der Waals surface area (Å²) in [6.45, 7) is 9.18. The van der Waals surface area contributed by atoms with E-state index in [4.69, 9.17) is 0 Å². The van der Waals surface area contributed by atoms with Gasteiger partial charge in [-0.05, 0) is 55.8 Å². The van der Waals surface area contributed by atoms with E-state index in [1.807, 2.05) is 12.1 Å². The molecule has 1 aliphatic carbocycles. The van der Waals surface area contributed by atoms with Gasteiger partial charge in [0.1, 0.15) is 5.75 Å². The van der Waals surface area contributed by atoms with E-state index in [0.717, 1.165) is 18.4 Å². The monoisotopic (exact) mass is 261 g/mol. The Morgan fingerprint density at radius 1 is 1.32 bits per heavy atom. The highest BCUT2D eigenvalue weighted by atomic mass is 16.3. The van der Waals surface area contributed by atoms with Crippen LogP contribution in [0.15, 0.2) is 18.2 Å². The molecule has 0 spiro atoms. The van der Waals surface area contributed by atoms with Gasteiger partial charge in [-0.3, -0.25) is 4.90 Å². The number of hydrogen-bond acceptors (Lipinski definition) is 2. The Kier molecular flexibility index (Phi) is 3.91. The lowest BCUT2D eigenvalue weighted by molar-refractivity contribution is 0.0879. The molecule has 1 aliphatic rings. The Labute approximate surface area is 117 Å². The summed E-state index contributed by atoms with van der Waals surface area (Å²) in [5.41, 5.74) is 2.75. The number of hydrogen-bond donors (Lipinski definition) is 1. The Hall–Kier alpha value is -1.02. The zero-order chi connectivity index (χ0) is 14.2. The van der Waals surface area contributed by atoms with Crippen LogP contribution in [0.5, 0.6) is 5.75 Å². The van der Waals surface area contributed by atoms with Gasteiger partial charge in [0.25, 0.3) is 0 Å². The van der Waals surface area contributed by atoms with Crippen molar-refractivity contribution in [2.24, 2.45) is 5.41 Å². The molecule has 106 valence electrons. The molecule has 1 aromatic rings. The van der Waals surface area contributed by atoms with E-state index in [-0.39, 0.29) is 5.41 Å². The van der Waals surface area contributed by atoms with Crippen molar-refractivity contribution in [1.82, 2.24) is 4.90 Å². The summed E-state index contributed by atoms with van der Waals surface area (Å²) in [5.74, 6) is 0.471. The summed E-state index contributed by atoms with van der Waals surface area (Å²) in [7, 11) is 2.22. The molecule has 0 amide bonds. The van der Waals surface area contributed by atoms with Gasteiger partial charge in [-0.15, -0.1) is 0 Å². The lowest BCUT2D eigenvalue weighted by Crippen LogP contribution is -2.42. The van der Waals surface area contributed by atoms with Gasteiger partial charge in [0.15, 0.2) is 0 Å². The summed E-state index contributed by atoms with van der Waals surface area (Å²) < 4.78 is 0. The number of nitrogens with zero attached hydrogens (tertiary/aromatic N) is 1. The third-order valence-corrected chi connectivity index (χ3v) is 4.81. The minimum atomic E-state index is 0.267. The molecular weight excluding hydrogens is 234 g/mol. The fourth-order valence-corrected chi connectivity index (χ4v) is 3.11. The second-order valence-corrected chi connectivity index (χ2v) is 6.96. The topological polar surface area (TPSA) is 23.5 Å². The van der Waals surface area contributed by atoms with Crippen LogP contribution in [0, 0.1) is 5.41 Å². The van der Waals surface area contributed by atoms with Crippen LogP contribution in [0.3, 0.4) is 0 Å². The summed E-state index contributed by atoms with van der Waals surface area (Å²) >= 11 is 0. The first kappa shape index (κ1) is 14.4. The van der Waals surface area contributed by atoms with Crippen LogP contribution >= 0.6 is 0 Å². The molecule has 2 rings (SSSR count). The van der Waals surface area contributed by atoms with E-state index in [0.29, 0.717) is 17.8 Å². The molecule has 2 atom stereocenters. The minimum Gasteiger partial charge on any atom is -0.508 e. The third-order valence-electron chi connectivity index (χ3n) is 4.81. The smallest absolute Gasteiger partial charge is 0.119 e. The SMILES string of the molecule is CC(N(C)C1CCCc2c(O)cccc21)C(C)(C)C. The van der Waals surface area contributed by atoms with Crippen molar-refractivity contribution in [3.63, 3.8) is 0 Å². The number of rotatable bonds is 2. The highest BCUT2D eigenvalue weighted by Gasteiger charge is 2.32. The average Bonchev–Trinajstić information content (AvgIpc) is 2.36. The standard InChI is InChI=1S/C17H27NO/c1-12(17(2,3)4)18(5)15-10-6-9-14-13(15)8-7-11-16(14)19/h7-8,11-12,15,19H,6,9-10H2,1-5H3. The second-order valence-electron chi connectivity index (χ2n) is 6.96. The van der Waals surface area contributed by atoms with E-state index in [2.05, 4.69) is 45.7 Å². The van der Waals surface area contributed by atoms with Crippen molar-refractivity contribution < 1.29 is 5.11 Å². The van der Waals surface area contributed by atoms with Crippen LogP contribution in [-0.4, -0.2) is 23.1 Å². The molecule has 0 fully saturated rings. The van der Waals surface area contributed by atoms with Crippen molar-refractivity contribution in [2.45, 2.75) is 59.0 Å². The second kappa shape index (κ2) is 5.16. The number of benzene rings is 1.